The highest BCUT2D eigenvalue weighted by atomic mass is 16.5. The summed E-state index contributed by atoms with van der Waals surface area (Å²) in [5, 5.41) is 12.1. The van der Waals surface area contributed by atoms with E-state index in [9.17, 15) is 10.1 Å². The van der Waals surface area contributed by atoms with E-state index in [4.69, 9.17) is 9.47 Å². The van der Waals surface area contributed by atoms with Crippen LogP contribution in [0.25, 0.3) is 0 Å². The Balaban J connectivity index is 2.93. The largest absolute Gasteiger partial charge is 0.497 e. The Morgan fingerprint density at radius 2 is 2.04 bits per heavy atom. The first-order valence-electron chi connectivity index (χ1n) is 8.54. The lowest BCUT2D eigenvalue weighted by Gasteiger charge is -2.29. The monoisotopic (exact) mass is 332 g/mol. The maximum atomic E-state index is 12.8. The number of carbonyl (C=O) groups excluding carboxylic acids is 1. The van der Waals surface area contributed by atoms with Gasteiger partial charge in [0.2, 0.25) is 0 Å². The second-order valence-corrected chi connectivity index (χ2v) is 6.01. The second-order valence-electron chi connectivity index (χ2n) is 6.01. The van der Waals surface area contributed by atoms with Gasteiger partial charge in [0.25, 0.3) is 5.91 Å². The van der Waals surface area contributed by atoms with Crippen LogP contribution in [-0.4, -0.2) is 25.2 Å². The lowest BCUT2D eigenvalue weighted by atomic mass is 9.96. The number of rotatable bonds is 10. The Bertz CT molecular complexity index is 580. The standard InChI is InChI=1S/C19H28N2O3/c1-5-7-8-11-19(3,24-12-6-2)18(22)21-17-10-9-16(23-4)13-15(17)14-20/h9-10,13H,5-8,11-12H2,1-4H3,(H,21,22)/t19-/m1/s1. The van der Waals surface area contributed by atoms with Gasteiger partial charge in [0.15, 0.2) is 0 Å². The lowest BCUT2D eigenvalue weighted by molar-refractivity contribution is -0.140. The maximum Gasteiger partial charge on any atom is 0.256 e. The van der Waals surface area contributed by atoms with Crippen molar-refractivity contribution in [2.45, 2.75) is 58.5 Å². The third kappa shape index (κ3) is 5.54. The number of nitriles is 1. The first-order valence-corrected chi connectivity index (χ1v) is 8.54. The van der Waals surface area contributed by atoms with Crippen molar-refractivity contribution in [3.05, 3.63) is 23.8 Å². The van der Waals surface area contributed by atoms with E-state index in [-0.39, 0.29) is 5.91 Å². The summed E-state index contributed by atoms with van der Waals surface area (Å²) in [7, 11) is 1.54. The quantitative estimate of drug-likeness (QED) is 0.649. The minimum Gasteiger partial charge on any atom is -0.497 e. The molecule has 0 fully saturated rings. The van der Waals surface area contributed by atoms with Crippen molar-refractivity contribution >= 4 is 11.6 Å². The summed E-state index contributed by atoms with van der Waals surface area (Å²) in [6.07, 6.45) is 4.58. The first kappa shape index (κ1) is 20.0. The number of benzene rings is 1. The Labute approximate surface area is 145 Å². The van der Waals surface area contributed by atoms with Gasteiger partial charge in [0.1, 0.15) is 17.4 Å². The second kappa shape index (κ2) is 9.94. The van der Waals surface area contributed by atoms with Crippen LogP contribution in [0.3, 0.4) is 0 Å². The van der Waals surface area contributed by atoms with Crippen molar-refractivity contribution in [3.8, 4) is 11.8 Å². The van der Waals surface area contributed by atoms with E-state index in [1.807, 2.05) is 13.8 Å². The average molecular weight is 332 g/mol. The van der Waals surface area contributed by atoms with E-state index in [1.54, 1.807) is 18.2 Å². The molecule has 0 aliphatic rings. The van der Waals surface area contributed by atoms with Crippen LogP contribution >= 0.6 is 0 Å². The van der Waals surface area contributed by atoms with Gasteiger partial charge in [-0.1, -0.05) is 33.1 Å². The van der Waals surface area contributed by atoms with E-state index in [0.717, 1.165) is 25.7 Å². The fourth-order valence-corrected chi connectivity index (χ4v) is 2.40. The molecule has 0 radical (unpaired) electrons. The van der Waals surface area contributed by atoms with Crippen LogP contribution in [0.15, 0.2) is 18.2 Å². The number of carbonyl (C=O) groups is 1. The van der Waals surface area contributed by atoms with Crippen molar-refractivity contribution in [2.75, 3.05) is 19.0 Å². The number of unbranched alkanes of at least 4 members (excludes halogenated alkanes) is 2. The van der Waals surface area contributed by atoms with Gasteiger partial charge in [0.05, 0.1) is 18.4 Å². The van der Waals surface area contributed by atoms with E-state index in [1.165, 1.54) is 7.11 Å². The number of ether oxygens (including phenoxy) is 2. The molecule has 0 unspecified atom stereocenters. The van der Waals surface area contributed by atoms with Crippen LogP contribution in [0.2, 0.25) is 0 Å². The van der Waals surface area contributed by atoms with Crippen LogP contribution in [0.5, 0.6) is 5.75 Å². The molecule has 1 rings (SSSR count). The van der Waals surface area contributed by atoms with Crippen molar-refractivity contribution in [3.63, 3.8) is 0 Å². The number of anilines is 1. The van der Waals surface area contributed by atoms with Crippen molar-refractivity contribution in [1.29, 1.82) is 5.26 Å². The normalized spacial score (nSPS) is 13.0. The summed E-state index contributed by atoms with van der Waals surface area (Å²) in [5.74, 6) is 0.367. The van der Waals surface area contributed by atoms with Gasteiger partial charge >= 0.3 is 0 Å². The third-order valence-corrected chi connectivity index (χ3v) is 3.96. The van der Waals surface area contributed by atoms with Crippen LogP contribution in [0.4, 0.5) is 5.69 Å². The van der Waals surface area contributed by atoms with E-state index >= 15 is 0 Å². The highest BCUT2D eigenvalue weighted by Crippen LogP contribution is 2.26. The summed E-state index contributed by atoms with van der Waals surface area (Å²) in [5.41, 5.74) is -0.0445. The summed E-state index contributed by atoms with van der Waals surface area (Å²) in [6, 6.07) is 7.10. The molecule has 5 nitrogen and oxygen atoms in total. The maximum absolute atomic E-state index is 12.8. The number of amides is 1. The molecule has 1 aromatic carbocycles. The molecule has 0 heterocycles. The smallest absolute Gasteiger partial charge is 0.256 e. The van der Waals surface area contributed by atoms with Gasteiger partial charge in [-0.25, -0.2) is 0 Å². The van der Waals surface area contributed by atoms with Gasteiger partial charge in [-0.05, 0) is 38.0 Å². The topological polar surface area (TPSA) is 71.3 Å². The minimum atomic E-state index is -0.891. The molecular formula is C19H28N2O3. The Morgan fingerprint density at radius 3 is 2.62 bits per heavy atom. The number of hydrogen-bond donors (Lipinski definition) is 1. The van der Waals surface area contributed by atoms with Crippen LogP contribution < -0.4 is 10.1 Å². The molecule has 1 aromatic rings. The number of nitrogens with zero attached hydrogens (tertiary/aromatic N) is 1. The Hall–Kier alpha value is -2.06. The molecule has 1 atom stereocenters. The van der Waals surface area contributed by atoms with E-state index in [2.05, 4.69) is 18.3 Å². The highest BCUT2D eigenvalue weighted by Gasteiger charge is 2.34. The molecule has 0 spiro atoms. The summed E-state index contributed by atoms with van der Waals surface area (Å²) < 4.78 is 11.0. The van der Waals surface area contributed by atoms with Crippen molar-refractivity contribution in [2.24, 2.45) is 0 Å². The minimum absolute atomic E-state index is 0.214. The molecule has 0 aliphatic carbocycles. The number of hydrogen-bond acceptors (Lipinski definition) is 4. The van der Waals surface area contributed by atoms with Gasteiger partial charge in [-0.15, -0.1) is 0 Å². The van der Waals surface area contributed by atoms with Crippen molar-refractivity contribution < 1.29 is 14.3 Å². The molecule has 1 N–H and O–H groups in total. The average Bonchev–Trinajstić information content (AvgIpc) is 2.60. The Morgan fingerprint density at radius 1 is 1.29 bits per heavy atom. The fourth-order valence-electron chi connectivity index (χ4n) is 2.40. The van der Waals surface area contributed by atoms with Gasteiger partial charge in [-0.3, -0.25) is 4.79 Å². The molecule has 0 bridgehead atoms. The van der Waals surface area contributed by atoms with Crippen LogP contribution in [0, 0.1) is 11.3 Å². The number of nitrogens with one attached hydrogen (secondary N) is 1. The van der Waals surface area contributed by atoms with E-state index < -0.39 is 5.60 Å². The predicted octanol–water partition coefficient (Wildman–Crippen LogP) is 4.27. The van der Waals surface area contributed by atoms with Gasteiger partial charge < -0.3 is 14.8 Å². The molecule has 0 saturated heterocycles. The zero-order chi connectivity index (χ0) is 18.0. The molecule has 1 amide bonds. The van der Waals surface area contributed by atoms with Crippen LogP contribution in [0.1, 0.15) is 58.4 Å². The molecule has 0 aliphatic heterocycles. The Kier molecular flexibility index (Phi) is 8.28. The SMILES string of the molecule is CCCCC[C@@](C)(OCCC)C(=O)Nc1ccc(OC)cc1C#N. The third-order valence-electron chi connectivity index (χ3n) is 3.96. The predicted molar refractivity (Wildman–Crippen MR) is 95.1 cm³/mol. The lowest BCUT2D eigenvalue weighted by Crippen LogP contribution is -2.43. The molecule has 0 aromatic heterocycles. The first-order chi connectivity index (χ1) is 11.5. The van der Waals surface area contributed by atoms with Crippen LogP contribution in [-0.2, 0) is 9.53 Å². The highest BCUT2D eigenvalue weighted by molar-refractivity contribution is 5.98. The molecular weight excluding hydrogens is 304 g/mol. The van der Waals surface area contributed by atoms with Gasteiger partial charge in [0, 0.05) is 6.61 Å². The summed E-state index contributed by atoms with van der Waals surface area (Å²) in [4.78, 5) is 12.8. The molecule has 24 heavy (non-hydrogen) atoms. The van der Waals surface area contributed by atoms with Gasteiger partial charge in [-0.2, -0.15) is 5.26 Å². The van der Waals surface area contributed by atoms with Crippen molar-refractivity contribution in [1.82, 2.24) is 0 Å². The summed E-state index contributed by atoms with van der Waals surface area (Å²) >= 11 is 0. The summed E-state index contributed by atoms with van der Waals surface area (Å²) in [6.45, 7) is 6.50. The molecule has 5 heteroatoms. The fraction of sp³-hybridized carbons (Fsp3) is 0.579. The molecule has 0 saturated carbocycles. The zero-order valence-corrected chi connectivity index (χ0v) is 15.1. The van der Waals surface area contributed by atoms with E-state index in [0.29, 0.717) is 30.0 Å². The number of methoxy groups -OCH3 is 1. The molecule has 132 valence electrons. The zero-order valence-electron chi connectivity index (χ0n) is 15.1.